The van der Waals surface area contributed by atoms with Crippen molar-refractivity contribution in [1.29, 1.82) is 0 Å². The van der Waals surface area contributed by atoms with Gasteiger partial charge in [-0.05, 0) is 6.42 Å². The Hall–Kier alpha value is -1.89. The van der Waals surface area contributed by atoms with Crippen LogP contribution in [0.4, 0.5) is 0 Å². The molecule has 0 unspecified atom stereocenters. The van der Waals surface area contributed by atoms with E-state index in [1.54, 1.807) is 6.08 Å². The summed E-state index contributed by atoms with van der Waals surface area (Å²) in [5, 5.41) is 12.8. The Morgan fingerprint density at radius 3 is 2.83 bits per heavy atom. The van der Waals surface area contributed by atoms with E-state index in [1.807, 2.05) is 6.92 Å². The first-order valence-corrected chi connectivity index (χ1v) is 5.77. The van der Waals surface area contributed by atoms with Crippen LogP contribution in [0.15, 0.2) is 17.4 Å². The topological polar surface area (TPSA) is 103 Å². The van der Waals surface area contributed by atoms with Gasteiger partial charge in [-0.3, -0.25) is 9.36 Å². The molecule has 1 atom stereocenters. The predicted molar refractivity (Wildman–Crippen MR) is 66.3 cm³/mol. The van der Waals surface area contributed by atoms with E-state index < -0.39 is 12.0 Å². The van der Waals surface area contributed by atoms with Crippen molar-refractivity contribution in [2.75, 3.05) is 0 Å². The molecule has 1 rings (SSSR count). The maximum atomic E-state index is 12.0. The average Bonchev–Trinajstić information content (AvgIpc) is 2.59. The van der Waals surface area contributed by atoms with Crippen LogP contribution in [-0.4, -0.2) is 31.5 Å². The molecule has 0 aliphatic carbocycles. The average molecular weight is 254 g/mol. The van der Waals surface area contributed by atoms with Gasteiger partial charge in [-0.1, -0.05) is 13.0 Å². The summed E-state index contributed by atoms with van der Waals surface area (Å²) in [4.78, 5) is 22.6. The summed E-state index contributed by atoms with van der Waals surface area (Å²) in [6.45, 7) is 5.79. The molecule has 0 aliphatic rings. The standard InChI is InChI=1S/C11H18N4O3/c1-3-5-9-13-15(7-8(12)10(16)17)11(18)14(9)6-4-2/h4,8H,2-3,5-7,12H2,1H3,(H,16,17)/t8-/m0/s1. The van der Waals surface area contributed by atoms with Crippen LogP contribution in [0.1, 0.15) is 19.2 Å². The van der Waals surface area contributed by atoms with Crippen molar-refractivity contribution in [3.8, 4) is 0 Å². The summed E-state index contributed by atoms with van der Waals surface area (Å²) in [6.07, 6.45) is 3.10. The normalized spacial score (nSPS) is 12.3. The van der Waals surface area contributed by atoms with Crippen LogP contribution in [-0.2, 0) is 24.3 Å². The lowest BCUT2D eigenvalue weighted by Crippen LogP contribution is -2.38. The molecule has 0 fully saturated rings. The van der Waals surface area contributed by atoms with Gasteiger partial charge in [0.2, 0.25) is 0 Å². The van der Waals surface area contributed by atoms with E-state index in [0.29, 0.717) is 18.8 Å². The lowest BCUT2D eigenvalue weighted by Gasteiger charge is -2.04. The van der Waals surface area contributed by atoms with Crippen LogP contribution in [0, 0.1) is 0 Å². The van der Waals surface area contributed by atoms with Gasteiger partial charge in [0.1, 0.15) is 11.9 Å². The van der Waals surface area contributed by atoms with Crippen molar-refractivity contribution in [3.05, 3.63) is 29.0 Å². The molecule has 1 aromatic heterocycles. The monoisotopic (exact) mass is 254 g/mol. The van der Waals surface area contributed by atoms with Gasteiger partial charge in [-0.15, -0.1) is 6.58 Å². The zero-order chi connectivity index (χ0) is 13.7. The Balaban J connectivity index is 3.06. The van der Waals surface area contributed by atoms with Gasteiger partial charge in [-0.25, -0.2) is 9.48 Å². The number of aromatic nitrogens is 3. The van der Waals surface area contributed by atoms with Gasteiger partial charge >= 0.3 is 11.7 Å². The van der Waals surface area contributed by atoms with Crippen molar-refractivity contribution in [1.82, 2.24) is 14.3 Å². The van der Waals surface area contributed by atoms with Crippen LogP contribution in [0.5, 0.6) is 0 Å². The number of carboxylic acid groups (broad SMARTS) is 1. The summed E-state index contributed by atoms with van der Waals surface area (Å²) in [7, 11) is 0. The largest absolute Gasteiger partial charge is 0.480 e. The van der Waals surface area contributed by atoms with E-state index in [1.165, 1.54) is 4.57 Å². The van der Waals surface area contributed by atoms with Crippen LogP contribution in [0.2, 0.25) is 0 Å². The second kappa shape index (κ2) is 6.15. The van der Waals surface area contributed by atoms with Crippen molar-refractivity contribution in [2.24, 2.45) is 5.73 Å². The summed E-state index contributed by atoms with van der Waals surface area (Å²) in [5.41, 5.74) is 5.04. The molecule has 1 aromatic rings. The highest BCUT2D eigenvalue weighted by Crippen LogP contribution is 1.99. The van der Waals surface area contributed by atoms with Gasteiger partial charge in [0.15, 0.2) is 0 Å². The highest BCUT2D eigenvalue weighted by molar-refractivity contribution is 5.72. The second-order valence-corrected chi connectivity index (χ2v) is 3.97. The van der Waals surface area contributed by atoms with E-state index in [0.717, 1.165) is 11.1 Å². The van der Waals surface area contributed by atoms with Crippen LogP contribution >= 0.6 is 0 Å². The molecule has 0 saturated carbocycles. The Kier molecular flexibility index (Phi) is 4.85. The van der Waals surface area contributed by atoms with E-state index >= 15 is 0 Å². The van der Waals surface area contributed by atoms with Crippen LogP contribution < -0.4 is 11.4 Å². The number of aryl methyl sites for hydroxylation is 1. The van der Waals surface area contributed by atoms with E-state index in [2.05, 4.69) is 11.7 Å². The fourth-order valence-electron chi connectivity index (χ4n) is 1.59. The minimum atomic E-state index is -1.16. The quantitative estimate of drug-likeness (QED) is 0.644. The van der Waals surface area contributed by atoms with E-state index in [-0.39, 0.29) is 12.2 Å². The molecular formula is C11H18N4O3. The predicted octanol–water partition coefficient (Wildman–Crippen LogP) is -0.405. The number of carbonyl (C=O) groups is 1. The van der Waals surface area contributed by atoms with Crippen LogP contribution in [0.25, 0.3) is 0 Å². The molecule has 7 nitrogen and oxygen atoms in total. The van der Waals surface area contributed by atoms with Gasteiger partial charge in [0, 0.05) is 13.0 Å². The smallest absolute Gasteiger partial charge is 0.346 e. The molecule has 100 valence electrons. The number of hydrogen-bond donors (Lipinski definition) is 2. The van der Waals surface area contributed by atoms with Gasteiger partial charge in [0.05, 0.1) is 6.54 Å². The first-order chi connectivity index (χ1) is 8.51. The molecular weight excluding hydrogens is 236 g/mol. The van der Waals surface area contributed by atoms with E-state index in [4.69, 9.17) is 10.8 Å². The SMILES string of the molecule is C=CCn1c(CCC)nn(C[C@H](N)C(=O)O)c1=O. The zero-order valence-corrected chi connectivity index (χ0v) is 10.4. The molecule has 0 aliphatic heterocycles. The maximum Gasteiger partial charge on any atom is 0.346 e. The fraction of sp³-hybridized carbons (Fsp3) is 0.545. The Labute approximate surface area is 105 Å². The lowest BCUT2D eigenvalue weighted by atomic mass is 10.3. The number of hydrogen-bond acceptors (Lipinski definition) is 4. The molecule has 0 amide bonds. The third kappa shape index (κ3) is 3.07. The number of allylic oxidation sites excluding steroid dienone is 1. The minimum Gasteiger partial charge on any atom is -0.480 e. The first kappa shape index (κ1) is 14.2. The minimum absolute atomic E-state index is 0.130. The molecule has 0 bridgehead atoms. The molecule has 0 spiro atoms. The number of carboxylic acids is 1. The number of rotatable bonds is 7. The molecule has 0 radical (unpaired) electrons. The summed E-state index contributed by atoms with van der Waals surface area (Å²) < 4.78 is 2.58. The fourth-order valence-corrected chi connectivity index (χ4v) is 1.59. The Morgan fingerprint density at radius 2 is 2.33 bits per heavy atom. The van der Waals surface area contributed by atoms with Gasteiger partial charge in [-0.2, -0.15) is 5.10 Å². The first-order valence-electron chi connectivity index (χ1n) is 5.77. The van der Waals surface area contributed by atoms with Crippen molar-refractivity contribution in [2.45, 2.75) is 38.9 Å². The molecule has 3 N–H and O–H groups in total. The summed E-state index contributed by atoms with van der Waals surface area (Å²) in [5.74, 6) is -0.530. The second-order valence-electron chi connectivity index (χ2n) is 3.97. The Bertz CT molecular complexity index is 489. The Morgan fingerprint density at radius 1 is 1.67 bits per heavy atom. The third-order valence-corrected chi connectivity index (χ3v) is 2.47. The zero-order valence-electron chi connectivity index (χ0n) is 10.4. The van der Waals surface area contributed by atoms with Crippen molar-refractivity contribution >= 4 is 5.97 Å². The highest BCUT2D eigenvalue weighted by atomic mass is 16.4. The third-order valence-electron chi connectivity index (χ3n) is 2.47. The highest BCUT2D eigenvalue weighted by Gasteiger charge is 2.17. The molecule has 1 heterocycles. The lowest BCUT2D eigenvalue weighted by molar-refractivity contribution is -0.138. The number of nitrogens with zero attached hydrogens (tertiary/aromatic N) is 3. The van der Waals surface area contributed by atoms with E-state index in [9.17, 15) is 9.59 Å². The summed E-state index contributed by atoms with van der Waals surface area (Å²) >= 11 is 0. The molecule has 18 heavy (non-hydrogen) atoms. The summed E-state index contributed by atoms with van der Waals surface area (Å²) in [6, 6.07) is -1.13. The number of nitrogens with two attached hydrogens (primary N) is 1. The molecule has 0 aromatic carbocycles. The molecule has 0 saturated heterocycles. The molecule has 7 heteroatoms. The van der Waals surface area contributed by atoms with Gasteiger partial charge < -0.3 is 10.8 Å². The van der Waals surface area contributed by atoms with Gasteiger partial charge in [0.25, 0.3) is 0 Å². The van der Waals surface area contributed by atoms with Crippen molar-refractivity contribution < 1.29 is 9.90 Å². The van der Waals surface area contributed by atoms with Crippen molar-refractivity contribution in [3.63, 3.8) is 0 Å². The van der Waals surface area contributed by atoms with Crippen LogP contribution in [0.3, 0.4) is 0 Å². The maximum absolute atomic E-state index is 12.0. The number of aliphatic carboxylic acids is 1.